The van der Waals surface area contributed by atoms with E-state index >= 15 is 0 Å². The lowest BCUT2D eigenvalue weighted by Crippen LogP contribution is -2.31. The predicted octanol–water partition coefficient (Wildman–Crippen LogP) is 5.55. The summed E-state index contributed by atoms with van der Waals surface area (Å²) in [5.74, 6) is 0.641. The molecule has 1 aliphatic heterocycles. The first-order chi connectivity index (χ1) is 19.5. The molecule has 1 saturated heterocycles. The normalized spacial score (nSPS) is 18.7. The van der Waals surface area contributed by atoms with Crippen molar-refractivity contribution in [3.63, 3.8) is 0 Å². The molecule has 8 nitrogen and oxygen atoms in total. The Morgan fingerprint density at radius 2 is 1.85 bits per heavy atom. The Hall–Kier alpha value is -3.24. The van der Waals surface area contributed by atoms with E-state index in [1.165, 1.54) is 6.92 Å². The first kappa shape index (κ1) is 29.7. The zero-order valence-electron chi connectivity index (χ0n) is 22.8. The Bertz CT molecular complexity index is 1230. The van der Waals surface area contributed by atoms with Gasteiger partial charge >= 0.3 is 0 Å². The summed E-state index contributed by atoms with van der Waals surface area (Å²) in [6.07, 6.45) is 4.50. The zero-order chi connectivity index (χ0) is 28.2. The van der Waals surface area contributed by atoms with E-state index < -0.39 is 6.29 Å². The molecule has 3 atom stereocenters. The van der Waals surface area contributed by atoms with Crippen LogP contribution in [0.25, 0.3) is 0 Å². The van der Waals surface area contributed by atoms with Crippen LogP contribution in [0.15, 0.2) is 78.0 Å². The maximum absolute atomic E-state index is 12.5. The molecular formula is C31H37N3O5S. The number of rotatable bonds is 13. The van der Waals surface area contributed by atoms with E-state index in [1.54, 1.807) is 18.0 Å². The highest BCUT2D eigenvalue weighted by molar-refractivity contribution is 7.99. The summed E-state index contributed by atoms with van der Waals surface area (Å²) < 4.78 is 12.9. The number of nitrogens with zero attached hydrogens (tertiary/aromatic N) is 1. The number of nitrogens with one attached hydrogen (secondary N) is 2. The molecule has 3 aromatic rings. The lowest BCUT2D eigenvalue weighted by Gasteiger charge is -2.36. The zero-order valence-corrected chi connectivity index (χ0v) is 23.6. The number of aliphatic hydroxyl groups excluding tert-OH is 1. The number of thioether (sulfide) groups is 1. The van der Waals surface area contributed by atoms with Gasteiger partial charge in [-0.1, -0.05) is 48.9 Å². The Morgan fingerprint density at radius 1 is 1.00 bits per heavy atom. The van der Waals surface area contributed by atoms with E-state index in [-0.39, 0.29) is 30.6 Å². The third-order valence-electron chi connectivity index (χ3n) is 6.57. The summed E-state index contributed by atoms with van der Waals surface area (Å²) in [5.41, 5.74) is 3.41. The summed E-state index contributed by atoms with van der Waals surface area (Å²) in [6, 6.07) is 21.3. The Morgan fingerprint density at radius 3 is 2.60 bits per heavy atom. The number of hydrogen-bond acceptors (Lipinski definition) is 7. The quantitative estimate of drug-likeness (QED) is 0.185. The molecule has 1 aromatic heterocycles. The number of carbonyl (C=O) groups excluding carboxylic acids is 2. The second-order valence-corrected chi connectivity index (χ2v) is 10.8. The maximum Gasteiger partial charge on any atom is 0.224 e. The van der Waals surface area contributed by atoms with Crippen LogP contribution in [-0.4, -0.2) is 40.3 Å². The fraction of sp³-hybridized carbons (Fsp3) is 0.387. The number of anilines is 1. The van der Waals surface area contributed by atoms with Gasteiger partial charge in [-0.15, -0.1) is 11.8 Å². The minimum Gasteiger partial charge on any atom is -0.392 e. The molecule has 9 heteroatoms. The van der Waals surface area contributed by atoms with Gasteiger partial charge in [0, 0.05) is 49.5 Å². The number of unbranched alkanes of at least 4 members (excludes halogenated alkanes) is 2. The molecule has 40 heavy (non-hydrogen) atoms. The van der Waals surface area contributed by atoms with Gasteiger partial charge in [-0.05, 0) is 48.2 Å². The van der Waals surface area contributed by atoms with Gasteiger partial charge in [0.1, 0.15) is 0 Å². The average Bonchev–Trinajstić information content (AvgIpc) is 2.98. The Balaban J connectivity index is 1.39. The summed E-state index contributed by atoms with van der Waals surface area (Å²) in [4.78, 5) is 27.9. The summed E-state index contributed by atoms with van der Waals surface area (Å²) >= 11 is 1.65. The molecule has 2 aromatic carbocycles. The van der Waals surface area contributed by atoms with Gasteiger partial charge in [0.25, 0.3) is 0 Å². The van der Waals surface area contributed by atoms with Gasteiger partial charge in [-0.2, -0.15) is 0 Å². The van der Waals surface area contributed by atoms with E-state index in [2.05, 4.69) is 15.6 Å². The van der Waals surface area contributed by atoms with E-state index in [9.17, 15) is 14.7 Å². The predicted molar refractivity (Wildman–Crippen MR) is 156 cm³/mol. The molecule has 0 saturated carbocycles. The highest BCUT2D eigenvalue weighted by atomic mass is 32.2. The van der Waals surface area contributed by atoms with Crippen molar-refractivity contribution in [2.75, 3.05) is 17.6 Å². The minimum absolute atomic E-state index is 0.00351. The third-order valence-corrected chi connectivity index (χ3v) is 7.64. The standard InChI is InChI=1S/C31H37N3O5S/c1-22(36)32-16-5-2-3-10-29(37)34-26-9-7-8-25(18-26)31-38-27(21-40-30-11-4-6-17-33-30)19-28(39-31)24-14-12-23(20-35)13-15-24/h4,6-9,11-15,17-18,27-28,31,35H,2-3,5,10,16,19-21H2,1H3,(H,32,36)(H,34,37)/t27-,28+,31+/m0/s1. The van der Waals surface area contributed by atoms with Crippen molar-refractivity contribution in [1.82, 2.24) is 10.3 Å². The van der Waals surface area contributed by atoms with Gasteiger partial charge in [-0.3, -0.25) is 9.59 Å². The van der Waals surface area contributed by atoms with Crippen LogP contribution < -0.4 is 10.6 Å². The second kappa shape index (κ2) is 15.5. The fourth-order valence-electron chi connectivity index (χ4n) is 4.47. The molecule has 1 fully saturated rings. The van der Waals surface area contributed by atoms with Crippen molar-refractivity contribution in [2.45, 2.75) is 69.2 Å². The first-order valence-corrected chi connectivity index (χ1v) is 14.7. The van der Waals surface area contributed by atoms with Crippen LogP contribution in [0.1, 0.15) is 68.1 Å². The first-order valence-electron chi connectivity index (χ1n) is 13.7. The van der Waals surface area contributed by atoms with E-state index in [4.69, 9.17) is 9.47 Å². The summed E-state index contributed by atoms with van der Waals surface area (Å²) in [5, 5.41) is 16.1. The van der Waals surface area contributed by atoms with Crippen LogP contribution in [0, 0.1) is 0 Å². The number of carbonyl (C=O) groups is 2. The van der Waals surface area contributed by atoms with Crippen molar-refractivity contribution in [3.05, 3.63) is 89.6 Å². The number of ether oxygens (including phenoxy) is 2. The number of aliphatic hydroxyl groups is 1. The third kappa shape index (κ3) is 9.45. The van der Waals surface area contributed by atoms with Crippen molar-refractivity contribution in [1.29, 1.82) is 0 Å². The molecule has 0 unspecified atom stereocenters. The lowest BCUT2D eigenvalue weighted by molar-refractivity contribution is -0.245. The van der Waals surface area contributed by atoms with E-state index in [1.807, 2.05) is 66.7 Å². The molecule has 0 radical (unpaired) electrons. The molecule has 0 bridgehead atoms. The highest BCUT2D eigenvalue weighted by Gasteiger charge is 2.32. The molecule has 0 spiro atoms. The Labute approximate surface area is 239 Å². The van der Waals surface area contributed by atoms with Crippen LogP contribution in [0.3, 0.4) is 0 Å². The molecule has 0 aliphatic carbocycles. The largest absolute Gasteiger partial charge is 0.392 e. The van der Waals surface area contributed by atoms with Gasteiger partial charge in [0.15, 0.2) is 6.29 Å². The van der Waals surface area contributed by atoms with Gasteiger partial charge in [-0.25, -0.2) is 4.98 Å². The SMILES string of the molecule is CC(=O)NCCCCCC(=O)Nc1cccc([C@@H]2O[C@H](CSc3ccccn3)C[C@H](c3ccc(CO)cc3)O2)c1. The van der Waals surface area contributed by atoms with Crippen molar-refractivity contribution >= 4 is 29.3 Å². The molecule has 3 N–H and O–H groups in total. The van der Waals surface area contributed by atoms with Crippen LogP contribution >= 0.6 is 11.8 Å². The highest BCUT2D eigenvalue weighted by Crippen LogP contribution is 2.39. The summed E-state index contributed by atoms with van der Waals surface area (Å²) in [6.45, 7) is 2.13. The molecule has 212 valence electrons. The number of amides is 2. The van der Waals surface area contributed by atoms with Gasteiger partial charge < -0.3 is 25.2 Å². The van der Waals surface area contributed by atoms with Crippen LogP contribution in [0.4, 0.5) is 5.69 Å². The van der Waals surface area contributed by atoms with E-state index in [0.717, 1.165) is 46.7 Å². The van der Waals surface area contributed by atoms with Crippen LogP contribution in [0.2, 0.25) is 0 Å². The number of hydrogen-bond donors (Lipinski definition) is 3. The van der Waals surface area contributed by atoms with Gasteiger partial charge in [0.2, 0.25) is 11.8 Å². The van der Waals surface area contributed by atoms with Crippen LogP contribution in [0.5, 0.6) is 0 Å². The summed E-state index contributed by atoms with van der Waals surface area (Å²) in [7, 11) is 0. The average molecular weight is 564 g/mol. The molecule has 1 aliphatic rings. The van der Waals surface area contributed by atoms with Crippen LogP contribution in [-0.2, 0) is 25.7 Å². The van der Waals surface area contributed by atoms with Crippen molar-refractivity contribution in [3.8, 4) is 0 Å². The molecule has 4 rings (SSSR count). The smallest absolute Gasteiger partial charge is 0.224 e. The van der Waals surface area contributed by atoms with E-state index in [0.29, 0.717) is 25.1 Å². The lowest BCUT2D eigenvalue weighted by atomic mass is 10.0. The monoisotopic (exact) mass is 563 g/mol. The molecule has 2 amide bonds. The van der Waals surface area contributed by atoms with Gasteiger partial charge in [0.05, 0.1) is 23.8 Å². The topological polar surface area (TPSA) is 110 Å². The number of pyridine rings is 1. The molecular weight excluding hydrogens is 526 g/mol. The Kier molecular flexibility index (Phi) is 11.5. The number of benzene rings is 2. The second-order valence-electron chi connectivity index (χ2n) is 9.80. The fourth-order valence-corrected chi connectivity index (χ4v) is 5.35. The minimum atomic E-state index is -0.601. The van der Waals surface area contributed by atoms with Crippen molar-refractivity contribution in [2.24, 2.45) is 0 Å². The molecule has 2 heterocycles. The maximum atomic E-state index is 12.5. The number of aromatic nitrogens is 1. The van der Waals surface area contributed by atoms with Crippen molar-refractivity contribution < 1.29 is 24.2 Å².